The van der Waals surface area contributed by atoms with E-state index in [4.69, 9.17) is 14.5 Å². The average molecular weight is 571 g/mol. The van der Waals surface area contributed by atoms with Crippen molar-refractivity contribution in [2.45, 2.75) is 13.3 Å². The van der Waals surface area contributed by atoms with Crippen LogP contribution in [0.2, 0.25) is 0 Å². The van der Waals surface area contributed by atoms with Gasteiger partial charge in [0, 0.05) is 62.3 Å². The molecule has 0 aliphatic carbocycles. The number of nitrogens with one attached hydrogen (secondary N) is 2. The number of aryl methyl sites for hydroxylation is 1. The van der Waals surface area contributed by atoms with Crippen LogP contribution in [0.25, 0.3) is 17.1 Å². The average Bonchev–Trinajstić information content (AvgIpc) is 2.95. The summed E-state index contributed by atoms with van der Waals surface area (Å²) < 4.78 is 13.3. The van der Waals surface area contributed by atoms with Crippen LogP contribution in [0.4, 0.5) is 34.5 Å². The van der Waals surface area contributed by atoms with Crippen molar-refractivity contribution in [1.82, 2.24) is 19.9 Å². The van der Waals surface area contributed by atoms with E-state index in [2.05, 4.69) is 60.4 Å². The summed E-state index contributed by atoms with van der Waals surface area (Å²) in [7, 11) is 3.69. The Morgan fingerprint density at radius 1 is 1.15 bits per heavy atom. The predicted molar refractivity (Wildman–Crippen MR) is 168 cm³/mol. The minimum absolute atomic E-state index is 0.335. The third kappa shape index (κ3) is 5.00. The lowest BCUT2D eigenvalue weighted by molar-refractivity contribution is -0.127. The van der Waals surface area contributed by atoms with Crippen molar-refractivity contribution >= 4 is 63.6 Å². The molecule has 2 aromatic carbocycles. The first-order valence-electron chi connectivity index (χ1n) is 13.6. The second-order valence-electron chi connectivity index (χ2n) is 10.4. The number of benzene rings is 2. The van der Waals surface area contributed by atoms with Crippen molar-refractivity contribution in [3.8, 4) is 5.75 Å². The van der Waals surface area contributed by atoms with Crippen LogP contribution in [-0.2, 0) is 11.2 Å². The fourth-order valence-electron chi connectivity index (χ4n) is 5.45. The quantitative estimate of drug-likeness (QED) is 0.231. The number of nitrogens with zero attached hydrogens (tertiary/aromatic N) is 6. The molecule has 4 heterocycles. The van der Waals surface area contributed by atoms with Crippen molar-refractivity contribution in [3.63, 3.8) is 0 Å². The lowest BCUT2D eigenvalue weighted by Crippen LogP contribution is -2.66. The van der Waals surface area contributed by atoms with Crippen molar-refractivity contribution in [2.75, 3.05) is 66.6 Å². The highest BCUT2D eigenvalue weighted by Crippen LogP contribution is 2.44. The van der Waals surface area contributed by atoms with Crippen molar-refractivity contribution < 1.29 is 9.47 Å². The zero-order valence-electron chi connectivity index (χ0n) is 23.8. The van der Waals surface area contributed by atoms with Gasteiger partial charge in [-0.25, -0.2) is 4.98 Å². The number of anilines is 6. The number of rotatable bonds is 10. The first kappa shape index (κ1) is 27.1. The summed E-state index contributed by atoms with van der Waals surface area (Å²) in [6, 6.07) is 8.20. The van der Waals surface area contributed by atoms with Gasteiger partial charge < -0.3 is 29.3 Å². The van der Waals surface area contributed by atoms with E-state index in [-0.39, 0.29) is 0 Å². The molecule has 0 atom stereocenters. The Bertz CT molecular complexity index is 1600. The van der Waals surface area contributed by atoms with E-state index in [1.807, 2.05) is 25.4 Å². The molecule has 2 aliphatic rings. The molecule has 2 aromatic heterocycles. The lowest BCUT2D eigenvalue weighted by atomic mass is 9.77. The topological polar surface area (TPSA) is 101 Å². The summed E-state index contributed by atoms with van der Waals surface area (Å²) in [5.41, 5.74) is 7.76. The molecule has 2 saturated heterocycles. The molecule has 6 rings (SSSR count). The number of methoxy groups -OCH3 is 1. The van der Waals surface area contributed by atoms with Crippen molar-refractivity contribution in [2.24, 2.45) is 5.41 Å². The molecular formula is C30H34N8O2S. The molecule has 10 nitrogen and oxygen atoms in total. The van der Waals surface area contributed by atoms with Gasteiger partial charge in [-0.1, -0.05) is 31.5 Å². The largest absolute Gasteiger partial charge is 0.494 e. The Morgan fingerprint density at radius 3 is 2.63 bits per heavy atom. The molecule has 0 bridgehead atoms. The van der Waals surface area contributed by atoms with Gasteiger partial charge in [-0.2, -0.15) is 4.98 Å². The van der Waals surface area contributed by atoms with Crippen molar-refractivity contribution in [1.29, 1.82) is 0 Å². The van der Waals surface area contributed by atoms with Gasteiger partial charge in [-0.15, -0.1) is 0 Å². The van der Waals surface area contributed by atoms with Gasteiger partial charge in [-0.05, 0) is 30.2 Å². The number of ether oxygens (including phenoxy) is 2. The molecule has 0 radical (unpaired) electrons. The fraction of sp³-hybridized carbons (Fsp3) is 0.333. The standard InChI is InChI=1S/C30H34N8O2S/c1-6-19-12-23(25(39-4)13-24(19)38-15-30(16-38)17-40-18-30)35-29-33-14-20(7-2)28(36-29)34-22-9-8-21-26(32-11-10-31-21)27(22)37(3)41-5/h7-14H,2,6,15-18H2,1,3-5H3,(H2,33,34,35,36). The molecule has 0 unspecified atom stereocenters. The van der Waals surface area contributed by atoms with Crippen LogP contribution in [0.5, 0.6) is 5.75 Å². The van der Waals surface area contributed by atoms with Crippen LogP contribution < -0.4 is 24.6 Å². The summed E-state index contributed by atoms with van der Waals surface area (Å²) in [5, 5.41) is 6.90. The zero-order valence-corrected chi connectivity index (χ0v) is 24.6. The van der Waals surface area contributed by atoms with Gasteiger partial charge in [0.1, 0.15) is 17.1 Å². The smallest absolute Gasteiger partial charge is 0.229 e. The predicted octanol–water partition coefficient (Wildman–Crippen LogP) is 5.67. The van der Waals surface area contributed by atoms with Crippen LogP contribution in [0.1, 0.15) is 18.1 Å². The first-order valence-corrected chi connectivity index (χ1v) is 14.7. The third-order valence-electron chi connectivity index (χ3n) is 7.73. The molecule has 1 spiro atoms. The van der Waals surface area contributed by atoms with Gasteiger partial charge in [0.25, 0.3) is 0 Å². The van der Waals surface area contributed by atoms with E-state index in [0.29, 0.717) is 17.2 Å². The number of hydrogen-bond acceptors (Lipinski definition) is 11. The van der Waals surface area contributed by atoms with Crippen molar-refractivity contribution in [3.05, 3.63) is 60.6 Å². The Hall–Kier alpha value is -4.09. The van der Waals surface area contributed by atoms with E-state index in [1.54, 1.807) is 43.7 Å². The van der Waals surface area contributed by atoms with Gasteiger partial charge in [-0.3, -0.25) is 9.97 Å². The summed E-state index contributed by atoms with van der Waals surface area (Å²) in [6.07, 6.45) is 9.81. The maximum Gasteiger partial charge on any atom is 0.229 e. The summed E-state index contributed by atoms with van der Waals surface area (Å²) in [5.74, 6) is 1.81. The Balaban J connectivity index is 1.31. The normalized spacial score (nSPS) is 15.3. The van der Waals surface area contributed by atoms with Crippen LogP contribution in [0.15, 0.2) is 49.4 Å². The fourth-order valence-corrected chi connectivity index (χ4v) is 5.81. The Kier molecular flexibility index (Phi) is 7.31. The number of aromatic nitrogens is 4. The minimum Gasteiger partial charge on any atom is -0.494 e. The SMILES string of the molecule is C=Cc1cnc(Nc2cc(CC)c(N3CC4(COC4)C3)cc2OC)nc1Nc1ccc2nccnc2c1N(C)SC. The molecule has 0 saturated carbocycles. The second-order valence-corrected chi connectivity index (χ2v) is 11.3. The molecule has 4 aromatic rings. The number of fused-ring (bicyclic) bond motifs is 1. The zero-order chi connectivity index (χ0) is 28.6. The Labute approximate surface area is 244 Å². The van der Waals surface area contributed by atoms with Crippen LogP contribution in [-0.4, -0.2) is 66.7 Å². The molecule has 2 N–H and O–H groups in total. The lowest BCUT2D eigenvalue weighted by Gasteiger charge is -2.56. The maximum absolute atomic E-state index is 5.81. The van der Waals surface area contributed by atoms with Gasteiger partial charge >= 0.3 is 0 Å². The van der Waals surface area contributed by atoms with E-state index in [1.165, 1.54) is 11.3 Å². The summed E-state index contributed by atoms with van der Waals surface area (Å²) in [4.78, 5) is 20.9. The maximum atomic E-state index is 5.81. The molecule has 41 heavy (non-hydrogen) atoms. The summed E-state index contributed by atoms with van der Waals surface area (Å²) in [6.45, 7) is 9.90. The monoisotopic (exact) mass is 570 g/mol. The number of hydrogen-bond donors (Lipinski definition) is 2. The first-order chi connectivity index (χ1) is 20.0. The highest BCUT2D eigenvalue weighted by atomic mass is 32.2. The van der Waals surface area contributed by atoms with Crippen LogP contribution >= 0.6 is 11.9 Å². The highest BCUT2D eigenvalue weighted by Gasteiger charge is 2.49. The van der Waals surface area contributed by atoms with E-state index < -0.39 is 0 Å². The van der Waals surface area contributed by atoms with Gasteiger partial charge in [0.2, 0.25) is 5.95 Å². The van der Waals surface area contributed by atoms with Gasteiger partial charge in [0.15, 0.2) is 0 Å². The molecule has 11 heteroatoms. The van der Waals surface area contributed by atoms with E-state index in [0.717, 1.165) is 72.1 Å². The van der Waals surface area contributed by atoms with E-state index >= 15 is 0 Å². The minimum atomic E-state index is 0.335. The van der Waals surface area contributed by atoms with E-state index in [9.17, 15) is 0 Å². The third-order valence-corrected chi connectivity index (χ3v) is 8.46. The van der Waals surface area contributed by atoms with Gasteiger partial charge in [0.05, 0.1) is 48.3 Å². The molecule has 0 amide bonds. The van der Waals surface area contributed by atoms with Crippen LogP contribution in [0, 0.1) is 5.41 Å². The Morgan fingerprint density at radius 2 is 1.95 bits per heavy atom. The molecular weight excluding hydrogens is 536 g/mol. The molecule has 212 valence electrons. The molecule has 2 fully saturated rings. The summed E-state index contributed by atoms with van der Waals surface area (Å²) >= 11 is 1.59. The van der Waals surface area contributed by atoms with Crippen LogP contribution in [0.3, 0.4) is 0 Å². The highest BCUT2D eigenvalue weighted by molar-refractivity contribution is 7.99. The molecule has 2 aliphatic heterocycles. The second kappa shape index (κ2) is 11.1.